The molecular weight excluding hydrogens is 480 g/mol. The van der Waals surface area contributed by atoms with E-state index in [2.05, 4.69) is 24.9 Å². The van der Waals surface area contributed by atoms with Crippen molar-refractivity contribution in [1.82, 2.24) is 29.5 Å². The lowest BCUT2D eigenvalue weighted by Gasteiger charge is -2.12. The quantitative estimate of drug-likeness (QED) is 0.311. The number of rotatable bonds is 8. The van der Waals surface area contributed by atoms with Crippen molar-refractivity contribution in [3.63, 3.8) is 0 Å². The normalized spacial score (nSPS) is 13.6. The van der Waals surface area contributed by atoms with Crippen molar-refractivity contribution in [1.29, 1.82) is 0 Å². The van der Waals surface area contributed by atoms with Gasteiger partial charge in [0.05, 0.1) is 5.69 Å². The maximum atomic E-state index is 13.0. The summed E-state index contributed by atoms with van der Waals surface area (Å²) in [6.45, 7) is -0.893. The van der Waals surface area contributed by atoms with Gasteiger partial charge in [0, 0.05) is 37.0 Å². The monoisotopic (exact) mass is 500 g/mol. The van der Waals surface area contributed by atoms with E-state index in [-0.39, 0.29) is 35.9 Å². The van der Waals surface area contributed by atoms with Crippen molar-refractivity contribution in [2.24, 2.45) is 7.05 Å². The Hall–Kier alpha value is -4.09. The van der Waals surface area contributed by atoms with E-state index in [1.165, 1.54) is 24.1 Å². The molecule has 5 rings (SSSR count). The molecule has 3 heterocycles. The molecule has 4 aromatic rings. The number of halogens is 4. The van der Waals surface area contributed by atoms with Gasteiger partial charge in [-0.25, -0.2) is 24.3 Å². The summed E-state index contributed by atoms with van der Waals surface area (Å²) in [6, 6.07) is 8.42. The van der Waals surface area contributed by atoms with Crippen LogP contribution in [0.5, 0.6) is 11.8 Å². The molecule has 0 aliphatic heterocycles. The Morgan fingerprint density at radius 3 is 2.44 bits per heavy atom. The number of ether oxygens (including phenoxy) is 2. The third-order valence-electron chi connectivity index (χ3n) is 5.62. The number of nitrogens with zero attached hydrogens (tertiary/aromatic N) is 6. The van der Waals surface area contributed by atoms with Gasteiger partial charge in [0.25, 0.3) is 0 Å². The van der Waals surface area contributed by atoms with Crippen molar-refractivity contribution in [3.8, 4) is 34.5 Å². The fourth-order valence-corrected chi connectivity index (χ4v) is 3.74. The standard InChI is InChI=1S/C24H20F4N6O2/c1-34-10-17(24(26,27)28)32-22(34)16-4-2-14(3-5-16)11-35-18-8-9-29-21(33-18)19-20(15-6-7-15)30-13-31-23(19)36-12-25/h2-5,8-10,13,15H,6-7,11-12H2,1H3. The molecule has 0 N–H and O–H groups in total. The van der Waals surface area contributed by atoms with Crippen LogP contribution < -0.4 is 9.47 Å². The van der Waals surface area contributed by atoms with Crippen LogP contribution >= 0.6 is 0 Å². The Balaban J connectivity index is 1.33. The molecule has 1 aromatic carbocycles. The van der Waals surface area contributed by atoms with Crippen LogP contribution in [0.1, 0.15) is 35.7 Å². The van der Waals surface area contributed by atoms with E-state index in [0.29, 0.717) is 16.8 Å². The van der Waals surface area contributed by atoms with E-state index in [0.717, 1.165) is 24.6 Å². The maximum Gasteiger partial charge on any atom is 0.434 e. The zero-order valence-corrected chi connectivity index (χ0v) is 19.0. The van der Waals surface area contributed by atoms with Gasteiger partial charge in [0.2, 0.25) is 18.6 Å². The van der Waals surface area contributed by atoms with Gasteiger partial charge < -0.3 is 14.0 Å². The highest BCUT2D eigenvalue weighted by molar-refractivity contribution is 5.66. The highest BCUT2D eigenvalue weighted by Gasteiger charge is 2.34. The molecule has 12 heteroatoms. The number of hydrogen-bond acceptors (Lipinski definition) is 7. The summed E-state index contributed by atoms with van der Waals surface area (Å²) in [5.41, 5.74) is 1.52. The van der Waals surface area contributed by atoms with Crippen LogP contribution in [0, 0.1) is 0 Å². The number of aromatic nitrogens is 6. The largest absolute Gasteiger partial charge is 0.473 e. The maximum absolute atomic E-state index is 13.0. The van der Waals surface area contributed by atoms with E-state index >= 15 is 0 Å². The van der Waals surface area contributed by atoms with Crippen molar-refractivity contribution in [2.75, 3.05) is 6.86 Å². The Kier molecular flexibility index (Phi) is 6.25. The van der Waals surface area contributed by atoms with Crippen LogP contribution in [0.4, 0.5) is 17.6 Å². The summed E-state index contributed by atoms with van der Waals surface area (Å²) < 4.78 is 64.0. The lowest BCUT2D eigenvalue weighted by atomic mass is 10.1. The number of hydrogen-bond donors (Lipinski definition) is 0. The molecule has 0 spiro atoms. The lowest BCUT2D eigenvalue weighted by Crippen LogP contribution is -2.05. The minimum Gasteiger partial charge on any atom is -0.473 e. The van der Waals surface area contributed by atoms with Crippen molar-refractivity contribution >= 4 is 0 Å². The Morgan fingerprint density at radius 2 is 1.78 bits per heavy atom. The average molecular weight is 500 g/mol. The number of imidazole rings is 1. The summed E-state index contributed by atoms with van der Waals surface area (Å²) in [5, 5.41) is 0. The highest BCUT2D eigenvalue weighted by atomic mass is 19.4. The van der Waals surface area contributed by atoms with E-state index in [4.69, 9.17) is 9.47 Å². The van der Waals surface area contributed by atoms with E-state index in [9.17, 15) is 17.6 Å². The molecule has 0 amide bonds. The van der Waals surface area contributed by atoms with Crippen LogP contribution in [0.25, 0.3) is 22.8 Å². The van der Waals surface area contributed by atoms with Crippen LogP contribution in [-0.2, 0) is 19.8 Å². The molecule has 0 unspecified atom stereocenters. The average Bonchev–Trinajstić information content (AvgIpc) is 3.63. The Bertz CT molecular complexity index is 1370. The molecule has 186 valence electrons. The molecule has 1 aliphatic carbocycles. The van der Waals surface area contributed by atoms with Gasteiger partial charge in [-0.1, -0.05) is 24.3 Å². The first-order valence-corrected chi connectivity index (χ1v) is 11.0. The molecule has 1 fully saturated rings. The second-order valence-electron chi connectivity index (χ2n) is 8.23. The molecule has 36 heavy (non-hydrogen) atoms. The second kappa shape index (κ2) is 9.51. The van der Waals surface area contributed by atoms with Gasteiger partial charge in [0.15, 0.2) is 11.5 Å². The van der Waals surface area contributed by atoms with Crippen LogP contribution in [-0.4, -0.2) is 36.3 Å². The van der Waals surface area contributed by atoms with Crippen LogP contribution in [0.3, 0.4) is 0 Å². The number of alkyl halides is 4. The fraction of sp³-hybridized carbons (Fsp3) is 0.292. The van der Waals surface area contributed by atoms with E-state index in [1.807, 2.05) is 0 Å². The zero-order valence-electron chi connectivity index (χ0n) is 19.0. The minimum atomic E-state index is -4.51. The third kappa shape index (κ3) is 4.97. The zero-order chi connectivity index (χ0) is 25.3. The summed E-state index contributed by atoms with van der Waals surface area (Å²) in [4.78, 5) is 20.8. The molecule has 0 bridgehead atoms. The molecule has 8 nitrogen and oxygen atoms in total. The van der Waals surface area contributed by atoms with Crippen molar-refractivity contribution in [2.45, 2.75) is 31.5 Å². The summed E-state index contributed by atoms with van der Waals surface area (Å²) in [7, 11) is 1.51. The fourth-order valence-electron chi connectivity index (χ4n) is 3.74. The third-order valence-corrected chi connectivity index (χ3v) is 5.62. The first-order chi connectivity index (χ1) is 17.3. The first kappa shape index (κ1) is 23.6. The molecule has 0 radical (unpaired) electrons. The topological polar surface area (TPSA) is 87.8 Å². The van der Waals surface area contributed by atoms with Crippen LogP contribution in [0.2, 0.25) is 0 Å². The van der Waals surface area contributed by atoms with Crippen molar-refractivity contribution < 1.29 is 27.0 Å². The van der Waals surface area contributed by atoms with Gasteiger partial charge in [-0.3, -0.25) is 0 Å². The first-order valence-electron chi connectivity index (χ1n) is 11.0. The number of aryl methyl sites for hydroxylation is 1. The molecule has 0 atom stereocenters. The summed E-state index contributed by atoms with van der Waals surface area (Å²) >= 11 is 0. The van der Waals surface area contributed by atoms with Crippen molar-refractivity contribution in [3.05, 3.63) is 66.0 Å². The Morgan fingerprint density at radius 1 is 1.00 bits per heavy atom. The van der Waals surface area contributed by atoms with Gasteiger partial charge >= 0.3 is 6.18 Å². The second-order valence-corrected chi connectivity index (χ2v) is 8.23. The molecule has 1 aliphatic rings. The SMILES string of the molecule is Cn1cc(C(F)(F)F)nc1-c1ccc(COc2ccnc(-c3c(OCF)ncnc3C3CC3)n2)cc1. The highest BCUT2D eigenvalue weighted by Crippen LogP contribution is 2.45. The Labute approximate surface area is 203 Å². The molecular formula is C24H20F4N6O2. The predicted molar refractivity (Wildman–Crippen MR) is 120 cm³/mol. The smallest absolute Gasteiger partial charge is 0.434 e. The molecule has 1 saturated carbocycles. The van der Waals surface area contributed by atoms with Gasteiger partial charge in [-0.15, -0.1) is 0 Å². The van der Waals surface area contributed by atoms with Gasteiger partial charge in [0.1, 0.15) is 24.3 Å². The lowest BCUT2D eigenvalue weighted by molar-refractivity contribution is -0.140. The predicted octanol–water partition coefficient (Wildman–Crippen LogP) is 5.12. The van der Waals surface area contributed by atoms with E-state index < -0.39 is 18.7 Å². The summed E-state index contributed by atoms with van der Waals surface area (Å²) in [5.74, 6) is 1.05. The molecule has 0 saturated heterocycles. The van der Waals surface area contributed by atoms with Gasteiger partial charge in [-0.2, -0.15) is 18.2 Å². The molecule has 3 aromatic heterocycles. The minimum absolute atomic E-state index is 0.0742. The van der Waals surface area contributed by atoms with Crippen LogP contribution in [0.15, 0.2) is 49.1 Å². The number of benzene rings is 1. The summed E-state index contributed by atoms with van der Waals surface area (Å²) in [6.07, 6.45) is 1.21. The van der Waals surface area contributed by atoms with E-state index in [1.54, 1.807) is 30.3 Å². The van der Waals surface area contributed by atoms with Gasteiger partial charge in [-0.05, 0) is 18.4 Å².